The number of hydrogen-bond donors (Lipinski definition) is 1. The van der Waals surface area contributed by atoms with Crippen LogP contribution >= 0.6 is 0 Å². The molecule has 0 unspecified atom stereocenters. The maximum absolute atomic E-state index is 14.5. The van der Waals surface area contributed by atoms with Crippen molar-refractivity contribution < 1.29 is 9.18 Å². The number of aromatic nitrogens is 4. The molecule has 0 radical (unpaired) electrons. The molecule has 2 aromatic carbocycles. The number of hydrogen-bond acceptors (Lipinski definition) is 3. The summed E-state index contributed by atoms with van der Waals surface area (Å²) in [4.78, 5) is 17.2. The average molecular weight is 389 g/mol. The van der Waals surface area contributed by atoms with Crippen LogP contribution in [0.25, 0.3) is 0 Å². The molecule has 0 aliphatic carbocycles. The molecule has 0 aliphatic rings. The second-order valence-electron chi connectivity index (χ2n) is 6.74. The molecule has 4 rings (SSSR count). The van der Waals surface area contributed by atoms with E-state index >= 15 is 0 Å². The highest BCUT2D eigenvalue weighted by molar-refractivity contribution is 5.94. The number of amides is 1. The van der Waals surface area contributed by atoms with Crippen molar-refractivity contribution in [1.29, 1.82) is 0 Å². The second kappa shape index (κ2) is 8.10. The second-order valence-corrected chi connectivity index (χ2v) is 6.74. The van der Waals surface area contributed by atoms with Crippen LogP contribution in [0.5, 0.6) is 0 Å². The number of carbonyl (C=O) groups is 1. The summed E-state index contributed by atoms with van der Waals surface area (Å²) in [5, 5.41) is 7.17. The van der Waals surface area contributed by atoms with Gasteiger partial charge in [0.05, 0.1) is 18.3 Å². The number of halogens is 1. The number of rotatable bonds is 6. The van der Waals surface area contributed by atoms with Crippen LogP contribution in [0.4, 0.5) is 4.39 Å². The Kier molecular flexibility index (Phi) is 5.20. The lowest BCUT2D eigenvalue weighted by atomic mass is 10.0. The monoisotopic (exact) mass is 389 g/mol. The maximum atomic E-state index is 14.5. The first kappa shape index (κ1) is 18.6. The van der Waals surface area contributed by atoms with Crippen LogP contribution in [0.15, 0.2) is 79.4 Å². The first-order chi connectivity index (χ1) is 14.1. The summed E-state index contributed by atoms with van der Waals surface area (Å²) in [6.07, 6.45) is 6.56. The number of imidazole rings is 1. The van der Waals surface area contributed by atoms with E-state index in [-0.39, 0.29) is 5.91 Å². The summed E-state index contributed by atoms with van der Waals surface area (Å²) in [6.45, 7) is 0.560. The highest BCUT2D eigenvalue weighted by Gasteiger charge is 2.24. The van der Waals surface area contributed by atoms with E-state index in [1.165, 1.54) is 12.3 Å². The van der Waals surface area contributed by atoms with Gasteiger partial charge >= 0.3 is 0 Å². The van der Waals surface area contributed by atoms with Gasteiger partial charge in [-0.05, 0) is 11.6 Å². The third-order valence-electron chi connectivity index (χ3n) is 4.69. The Balaban J connectivity index is 1.58. The number of nitrogens with one attached hydrogen (secondary N) is 1. The third-order valence-corrected chi connectivity index (χ3v) is 4.69. The molecule has 0 bridgehead atoms. The Labute approximate surface area is 167 Å². The Hall–Kier alpha value is -3.74. The molecule has 146 valence electrons. The van der Waals surface area contributed by atoms with Gasteiger partial charge < -0.3 is 9.88 Å². The van der Waals surface area contributed by atoms with Gasteiger partial charge in [-0.1, -0.05) is 48.5 Å². The van der Waals surface area contributed by atoms with E-state index in [0.29, 0.717) is 23.5 Å². The van der Waals surface area contributed by atoms with Crippen molar-refractivity contribution >= 4 is 5.91 Å². The molecule has 7 heteroatoms. The average Bonchev–Trinajstić information content (AvgIpc) is 3.37. The molecule has 29 heavy (non-hydrogen) atoms. The lowest BCUT2D eigenvalue weighted by molar-refractivity contribution is 0.0940. The van der Waals surface area contributed by atoms with E-state index in [4.69, 9.17) is 0 Å². The summed E-state index contributed by atoms with van der Waals surface area (Å²) in [7, 11) is 1.81. The molecule has 0 saturated heterocycles. The number of benzene rings is 2. The molecule has 2 aromatic heterocycles. The Morgan fingerprint density at radius 1 is 1.14 bits per heavy atom. The predicted octanol–water partition coefficient (Wildman–Crippen LogP) is 3.32. The van der Waals surface area contributed by atoms with Crippen molar-refractivity contribution in [2.45, 2.75) is 12.6 Å². The predicted molar refractivity (Wildman–Crippen MR) is 107 cm³/mol. The van der Waals surface area contributed by atoms with Gasteiger partial charge in [-0.25, -0.2) is 9.37 Å². The Morgan fingerprint density at radius 3 is 2.62 bits per heavy atom. The summed E-state index contributed by atoms with van der Waals surface area (Å²) >= 11 is 0. The topological polar surface area (TPSA) is 64.7 Å². The van der Waals surface area contributed by atoms with Crippen molar-refractivity contribution in [1.82, 2.24) is 24.6 Å². The van der Waals surface area contributed by atoms with E-state index in [2.05, 4.69) is 15.4 Å². The van der Waals surface area contributed by atoms with Crippen LogP contribution < -0.4 is 5.32 Å². The number of aryl methyl sites for hydroxylation is 1. The highest BCUT2D eigenvalue weighted by Crippen LogP contribution is 2.23. The van der Waals surface area contributed by atoms with Gasteiger partial charge in [0.15, 0.2) is 0 Å². The van der Waals surface area contributed by atoms with E-state index in [1.54, 1.807) is 53.1 Å². The minimum Gasteiger partial charge on any atom is -0.338 e. The zero-order valence-electron chi connectivity index (χ0n) is 15.9. The lowest BCUT2D eigenvalue weighted by Gasteiger charge is -2.19. The zero-order chi connectivity index (χ0) is 20.2. The van der Waals surface area contributed by atoms with Gasteiger partial charge in [-0.15, -0.1) is 0 Å². The number of nitrogens with zero attached hydrogens (tertiary/aromatic N) is 4. The fourth-order valence-electron chi connectivity index (χ4n) is 3.20. The molecular formula is C22H20FN5O. The van der Waals surface area contributed by atoms with Crippen LogP contribution in [0.1, 0.15) is 33.4 Å². The van der Waals surface area contributed by atoms with Crippen molar-refractivity contribution in [3.8, 4) is 0 Å². The largest absolute Gasteiger partial charge is 0.338 e. The van der Waals surface area contributed by atoms with Crippen molar-refractivity contribution in [2.24, 2.45) is 7.05 Å². The smallest absolute Gasteiger partial charge is 0.255 e. The molecule has 1 atom stereocenters. The minimum absolute atomic E-state index is 0.347. The summed E-state index contributed by atoms with van der Waals surface area (Å²) in [5.74, 6) is -0.207. The normalized spacial score (nSPS) is 11.9. The van der Waals surface area contributed by atoms with Crippen molar-refractivity contribution in [2.75, 3.05) is 0 Å². The molecule has 0 aliphatic heterocycles. The molecule has 0 saturated carbocycles. The lowest BCUT2D eigenvalue weighted by Crippen LogP contribution is -2.31. The van der Waals surface area contributed by atoms with Gasteiger partial charge in [0.1, 0.15) is 17.7 Å². The Bertz CT molecular complexity index is 1120. The van der Waals surface area contributed by atoms with E-state index in [0.717, 1.165) is 5.56 Å². The molecule has 4 aromatic rings. The molecule has 0 fully saturated rings. The fourth-order valence-corrected chi connectivity index (χ4v) is 3.20. The molecule has 6 nitrogen and oxygen atoms in total. The van der Waals surface area contributed by atoms with Gasteiger partial charge in [0.25, 0.3) is 5.91 Å². The van der Waals surface area contributed by atoms with Gasteiger partial charge in [0.2, 0.25) is 0 Å². The quantitative estimate of drug-likeness (QED) is 0.550. The molecule has 0 spiro atoms. The third kappa shape index (κ3) is 4.08. The van der Waals surface area contributed by atoms with E-state index < -0.39 is 11.9 Å². The Morgan fingerprint density at radius 2 is 1.90 bits per heavy atom. The first-order valence-corrected chi connectivity index (χ1v) is 9.20. The summed E-state index contributed by atoms with van der Waals surface area (Å²) in [5.41, 5.74) is 1.84. The molecule has 1 N–H and O–H groups in total. The summed E-state index contributed by atoms with van der Waals surface area (Å²) < 4.78 is 17.9. The van der Waals surface area contributed by atoms with Crippen LogP contribution in [0.3, 0.4) is 0 Å². The minimum atomic E-state index is -0.721. The van der Waals surface area contributed by atoms with Gasteiger partial charge in [0, 0.05) is 31.2 Å². The SMILES string of the molecule is Cn1ccnc1[C@H](NC(=O)c1cnn(Cc2ccccc2)c1)c1ccccc1F. The van der Waals surface area contributed by atoms with E-state index in [9.17, 15) is 9.18 Å². The molecular weight excluding hydrogens is 369 g/mol. The number of carbonyl (C=O) groups excluding carboxylic acids is 1. The van der Waals surface area contributed by atoms with E-state index in [1.807, 2.05) is 30.3 Å². The van der Waals surface area contributed by atoms with Crippen LogP contribution in [-0.2, 0) is 13.6 Å². The van der Waals surface area contributed by atoms with Crippen molar-refractivity contribution in [3.05, 3.63) is 108 Å². The standard InChI is InChI=1S/C22H20FN5O/c1-27-12-11-24-21(27)20(18-9-5-6-10-19(18)23)26-22(29)17-13-25-28(15-17)14-16-7-3-2-4-8-16/h2-13,15,20H,14H2,1H3,(H,26,29)/t20-/m1/s1. The maximum Gasteiger partial charge on any atom is 0.255 e. The van der Waals surface area contributed by atoms with Crippen LogP contribution in [0.2, 0.25) is 0 Å². The van der Waals surface area contributed by atoms with Crippen molar-refractivity contribution in [3.63, 3.8) is 0 Å². The molecule has 2 heterocycles. The first-order valence-electron chi connectivity index (χ1n) is 9.20. The summed E-state index contributed by atoms with van der Waals surface area (Å²) in [6, 6.07) is 15.5. The van der Waals surface area contributed by atoms with Crippen LogP contribution in [-0.4, -0.2) is 25.2 Å². The zero-order valence-corrected chi connectivity index (χ0v) is 15.9. The fraction of sp³-hybridized carbons (Fsp3) is 0.136. The van der Waals surface area contributed by atoms with Gasteiger partial charge in [-0.3, -0.25) is 9.48 Å². The highest BCUT2D eigenvalue weighted by atomic mass is 19.1. The van der Waals surface area contributed by atoms with Crippen LogP contribution in [0, 0.1) is 5.82 Å². The van der Waals surface area contributed by atoms with Gasteiger partial charge in [-0.2, -0.15) is 5.10 Å². The molecule has 1 amide bonds.